The molecule has 2 heterocycles. The van der Waals surface area contributed by atoms with Gasteiger partial charge in [-0.05, 0) is 78.7 Å². The van der Waals surface area contributed by atoms with Gasteiger partial charge >= 0.3 is 0 Å². The first-order valence-corrected chi connectivity index (χ1v) is 16.3. The molecule has 0 saturated heterocycles. The molecule has 2 nitrogen and oxygen atoms in total. The van der Waals surface area contributed by atoms with Gasteiger partial charge in [0.15, 0.2) is 0 Å². The minimum absolute atomic E-state index is 0.850. The number of rotatable bonds is 4. The molecule has 2 heteroatoms. The van der Waals surface area contributed by atoms with Gasteiger partial charge in [0, 0.05) is 21.7 Å². The summed E-state index contributed by atoms with van der Waals surface area (Å²) < 4.78 is 12.8. The third-order valence-corrected chi connectivity index (χ3v) is 9.76. The average Bonchev–Trinajstić information content (AvgIpc) is 3.74. The van der Waals surface area contributed by atoms with Crippen molar-refractivity contribution in [1.29, 1.82) is 0 Å². The third kappa shape index (κ3) is 4.06. The Kier molecular flexibility index (Phi) is 5.91. The number of benzene rings is 8. The molecule has 0 amide bonds. The predicted octanol–water partition coefficient (Wildman–Crippen LogP) is 13.3. The van der Waals surface area contributed by atoms with Gasteiger partial charge in [0.25, 0.3) is 0 Å². The Morgan fingerprint density at radius 2 is 0.854 bits per heavy atom. The van der Waals surface area contributed by atoms with Gasteiger partial charge in [-0.25, -0.2) is 0 Å². The first kappa shape index (κ1) is 26.8. The molecule has 0 aliphatic carbocycles. The van der Waals surface area contributed by atoms with Crippen molar-refractivity contribution in [3.63, 3.8) is 0 Å². The second-order valence-corrected chi connectivity index (χ2v) is 12.4. The van der Waals surface area contributed by atoms with Crippen LogP contribution in [0.4, 0.5) is 0 Å². The maximum absolute atomic E-state index is 6.61. The Hall–Kier alpha value is -6.38. The molecule has 0 spiro atoms. The number of hydrogen-bond donors (Lipinski definition) is 0. The van der Waals surface area contributed by atoms with E-state index in [0.717, 1.165) is 49.6 Å². The summed E-state index contributed by atoms with van der Waals surface area (Å²) in [7, 11) is 0. The molecule has 0 bridgehead atoms. The third-order valence-electron chi connectivity index (χ3n) is 9.76. The van der Waals surface area contributed by atoms with Crippen LogP contribution in [0.5, 0.6) is 0 Å². The fraction of sp³-hybridized carbons (Fsp3) is 0. The van der Waals surface area contributed by atoms with Gasteiger partial charge in [-0.1, -0.05) is 146 Å². The van der Waals surface area contributed by atoms with Crippen LogP contribution in [0.3, 0.4) is 0 Å². The standard InChI is InChI=1S/C46H28O2/c1-3-12-29(13-4-1)30-22-24-32(25-23-30)44-33-16-7-9-18-35(33)45(36-19-10-8-17-34(36)44)37-20-11-21-41-46(37)39-27-42-38(26-43(39)48-41)40(28-47-42)31-14-5-2-6-15-31/h1-28H. The van der Waals surface area contributed by atoms with Gasteiger partial charge in [0.2, 0.25) is 0 Å². The Labute approximate surface area is 277 Å². The summed E-state index contributed by atoms with van der Waals surface area (Å²) in [5.41, 5.74) is 12.0. The smallest absolute Gasteiger partial charge is 0.136 e. The highest BCUT2D eigenvalue weighted by Gasteiger charge is 2.21. The van der Waals surface area contributed by atoms with Crippen LogP contribution in [0.15, 0.2) is 179 Å². The number of furan rings is 2. The van der Waals surface area contributed by atoms with Crippen LogP contribution in [0.1, 0.15) is 0 Å². The van der Waals surface area contributed by atoms with Crippen LogP contribution in [0, 0.1) is 0 Å². The van der Waals surface area contributed by atoms with E-state index in [1.54, 1.807) is 0 Å². The molecule has 2 aromatic heterocycles. The van der Waals surface area contributed by atoms with E-state index in [9.17, 15) is 0 Å². The normalized spacial score (nSPS) is 11.8. The molecule has 0 atom stereocenters. The molecule has 0 aliphatic rings. The molecule has 10 aromatic rings. The summed E-state index contributed by atoms with van der Waals surface area (Å²) in [5, 5.41) is 8.08. The highest BCUT2D eigenvalue weighted by molar-refractivity contribution is 6.26. The van der Waals surface area contributed by atoms with E-state index < -0.39 is 0 Å². The van der Waals surface area contributed by atoms with Gasteiger partial charge < -0.3 is 8.83 Å². The molecule has 10 rings (SSSR count). The lowest BCUT2D eigenvalue weighted by molar-refractivity contribution is 0.617. The van der Waals surface area contributed by atoms with Crippen molar-refractivity contribution in [2.75, 3.05) is 0 Å². The van der Waals surface area contributed by atoms with Crippen molar-refractivity contribution in [3.05, 3.63) is 170 Å². The van der Waals surface area contributed by atoms with Crippen LogP contribution in [0.25, 0.3) is 99.0 Å². The largest absolute Gasteiger partial charge is 0.464 e. The molecular weight excluding hydrogens is 585 g/mol. The van der Waals surface area contributed by atoms with Crippen molar-refractivity contribution in [3.8, 4) is 44.5 Å². The van der Waals surface area contributed by atoms with Crippen molar-refractivity contribution in [2.45, 2.75) is 0 Å². The van der Waals surface area contributed by atoms with Gasteiger partial charge in [-0.15, -0.1) is 0 Å². The summed E-state index contributed by atoms with van der Waals surface area (Å²) in [6.07, 6.45) is 1.86. The molecular formula is C46H28O2. The molecule has 48 heavy (non-hydrogen) atoms. The first-order valence-electron chi connectivity index (χ1n) is 16.3. The molecule has 0 unspecified atom stereocenters. The zero-order valence-corrected chi connectivity index (χ0v) is 26.0. The zero-order chi connectivity index (χ0) is 31.6. The van der Waals surface area contributed by atoms with Crippen LogP contribution in [-0.4, -0.2) is 0 Å². The van der Waals surface area contributed by atoms with Gasteiger partial charge in [0.1, 0.15) is 16.7 Å². The summed E-state index contributed by atoms with van der Waals surface area (Å²) >= 11 is 0. The lowest BCUT2D eigenvalue weighted by Crippen LogP contribution is -1.91. The highest BCUT2D eigenvalue weighted by Crippen LogP contribution is 2.47. The van der Waals surface area contributed by atoms with E-state index in [4.69, 9.17) is 8.83 Å². The summed E-state index contributed by atoms with van der Waals surface area (Å²) in [4.78, 5) is 0. The molecule has 8 aromatic carbocycles. The van der Waals surface area contributed by atoms with E-state index in [1.165, 1.54) is 49.4 Å². The topological polar surface area (TPSA) is 26.3 Å². The first-order chi connectivity index (χ1) is 23.8. The van der Waals surface area contributed by atoms with E-state index in [-0.39, 0.29) is 0 Å². The second kappa shape index (κ2) is 10.6. The maximum atomic E-state index is 6.61. The SMILES string of the molecule is c1ccc(-c2ccc(-c3c4ccccc4c(-c4cccc5oc6cc7c(-c8ccccc8)coc7cc6c45)c4ccccc34)cc2)cc1. The predicted molar refractivity (Wildman–Crippen MR) is 200 cm³/mol. The summed E-state index contributed by atoms with van der Waals surface area (Å²) in [6, 6.07) is 58.3. The van der Waals surface area contributed by atoms with E-state index in [2.05, 4.69) is 158 Å². The van der Waals surface area contributed by atoms with Crippen molar-refractivity contribution in [1.82, 2.24) is 0 Å². The van der Waals surface area contributed by atoms with Crippen molar-refractivity contribution >= 4 is 54.5 Å². The highest BCUT2D eigenvalue weighted by atomic mass is 16.3. The molecule has 0 radical (unpaired) electrons. The summed E-state index contributed by atoms with van der Waals surface area (Å²) in [5.74, 6) is 0. The quantitative estimate of drug-likeness (QED) is 0.185. The van der Waals surface area contributed by atoms with Gasteiger partial charge in [-0.3, -0.25) is 0 Å². The lowest BCUT2D eigenvalue weighted by Gasteiger charge is -2.18. The minimum atomic E-state index is 0.850. The zero-order valence-electron chi connectivity index (χ0n) is 26.0. The van der Waals surface area contributed by atoms with Crippen molar-refractivity contribution < 1.29 is 8.83 Å². The van der Waals surface area contributed by atoms with Gasteiger partial charge in [-0.2, -0.15) is 0 Å². The second-order valence-electron chi connectivity index (χ2n) is 12.4. The Balaban J connectivity index is 1.23. The Morgan fingerprint density at radius 3 is 1.52 bits per heavy atom. The van der Waals surface area contributed by atoms with Crippen LogP contribution >= 0.6 is 0 Å². The Morgan fingerprint density at radius 1 is 0.312 bits per heavy atom. The van der Waals surface area contributed by atoms with Crippen LogP contribution < -0.4 is 0 Å². The van der Waals surface area contributed by atoms with E-state index in [1.807, 2.05) is 12.3 Å². The lowest BCUT2D eigenvalue weighted by atomic mass is 9.84. The number of fused-ring (bicyclic) bond motifs is 6. The van der Waals surface area contributed by atoms with Crippen molar-refractivity contribution in [2.24, 2.45) is 0 Å². The monoisotopic (exact) mass is 612 g/mol. The van der Waals surface area contributed by atoms with Gasteiger partial charge in [0.05, 0.1) is 6.26 Å². The molecule has 0 saturated carbocycles. The van der Waals surface area contributed by atoms with Crippen LogP contribution in [0.2, 0.25) is 0 Å². The molecule has 0 aliphatic heterocycles. The number of hydrogen-bond acceptors (Lipinski definition) is 2. The fourth-order valence-electron chi connectivity index (χ4n) is 7.59. The average molecular weight is 613 g/mol. The minimum Gasteiger partial charge on any atom is -0.464 e. The fourth-order valence-corrected chi connectivity index (χ4v) is 7.59. The molecule has 0 N–H and O–H groups in total. The molecule has 0 fully saturated rings. The van der Waals surface area contributed by atoms with Crippen LogP contribution in [-0.2, 0) is 0 Å². The Bertz CT molecular complexity index is 2750. The van der Waals surface area contributed by atoms with E-state index in [0.29, 0.717) is 0 Å². The summed E-state index contributed by atoms with van der Waals surface area (Å²) in [6.45, 7) is 0. The van der Waals surface area contributed by atoms with E-state index >= 15 is 0 Å². The molecule has 224 valence electrons. The maximum Gasteiger partial charge on any atom is 0.136 e.